The number of rotatable bonds is 4. The highest BCUT2D eigenvalue weighted by molar-refractivity contribution is 5.82. The Balaban J connectivity index is 1.34. The summed E-state index contributed by atoms with van der Waals surface area (Å²) in [6.45, 7) is 6.58. The zero-order chi connectivity index (χ0) is 16.2. The molecule has 1 aromatic heterocycles. The maximum absolute atomic E-state index is 4.21. The first-order valence-corrected chi connectivity index (χ1v) is 8.68. The number of hydrogen-bond donors (Lipinski definition) is 0. The standard InChI is InChI=1S/C21H23N3/c1-2-6-21-14-18(7-8-20(21)5-1)16-23-10-12-24(13-11-23)17-19-4-3-9-22-15-19/h1-9,14-15H,10-13,16-17H2. The van der Waals surface area contributed by atoms with Crippen molar-refractivity contribution in [2.45, 2.75) is 13.1 Å². The molecule has 0 amide bonds. The van der Waals surface area contributed by atoms with Crippen LogP contribution in [0.2, 0.25) is 0 Å². The molecule has 1 saturated heterocycles. The quantitative estimate of drug-likeness (QED) is 0.733. The van der Waals surface area contributed by atoms with Crippen LogP contribution in [-0.4, -0.2) is 41.0 Å². The van der Waals surface area contributed by atoms with Gasteiger partial charge in [0.25, 0.3) is 0 Å². The fourth-order valence-electron chi connectivity index (χ4n) is 3.45. The summed E-state index contributed by atoms with van der Waals surface area (Å²) in [6.07, 6.45) is 3.81. The third-order valence-corrected chi connectivity index (χ3v) is 4.81. The molecule has 3 aromatic rings. The van der Waals surface area contributed by atoms with Crippen LogP contribution in [-0.2, 0) is 13.1 Å². The van der Waals surface area contributed by atoms with Crippen LogP contribution in [0.3, 0.4) is 0 Å². The molecule has 1 fully saturated rings. The van der Waals surface area contributed by atoms with Crippen LogP contribution in [0.4, 0.5) is 0 Å². The molecule has 0 N–H and O–H groups in total. The first-order chi connectivity index (χ1) is 11.9. The fourth-order valence-corrected chi connectivity index (χ4v) is 3.45. The zero-order valence-electron chi connectivity index (χ0n) is 13.9. The second-order valence-corrected chi connectivity index (χ2v) is 6.60. The van der Waals surface area contributed by atoms with E-state index in [1.54, 1.807) is 0 Å². The third kappa shape index (κ3) is 3.64. The van der Waals surface area contributed by atoms with E-state index in [4.69, 9.17) is 0 Å². The third-order valence-electron chi connectivity index (χ3n) is 4.81. The summed E-state index contributed by atoms with van der Waals surface area (Å²) in [5, 5.41) is 2.66. The Morgan fingerprint density at radius 1 is 0.708 bits per heavy atom. The van der Waals surface area contributed by atoms with Crippen LogP contribution in [0, 0.1) is 0 Å². The average molecular weight is 317 g/mol. The van der Waals surface area contributed by atoms with Gasteiger partial charge in [-0.1, -0.05) is 42.5 Å². The summed E-state index contributed by atoms with van der Waals surface area (Å²) in [4.78, 5) is 9.29. The van der Waals surface area contributed by atoms with E-state index in [9.17, 15) is 0 Å². The van der Waals surface area contributed by atoms with Gasteiger partial charge in [-0.2, -0.15) is 0 Å². The van der Waals surface area contributed by atoms with Crippen molar-refractivity contribution < 1.29 is 0 Å². The Bertz CT molecular complexity index is 792. The van der Waals surface area contributed by atoms with Gasteiger partial charge in [0.2, 0.25) is 0 Å². The molecule has 0 radical (unpaired) electrons. The molecule has 0 unspecified atom stereocenters. The normalized spacial score (nSPS) is 16.5. The van der Waals surface area contributed by atoms with Gasteiger partial charge in [0.1, 0.15) is 0 Å². The van der Waals surface area contributed by atoms with Gasteiger partial charge >= 0.3 is 0 Å². The molecule has 122 valence electrons. The molecule has 24 heavy (non-hydrogen) atoms. The van der Waals surface area contributed by atoms with Crippen LogP contribution >= 0.6 is 0 Å². The van der Waals surface area contributed by atoms with E-state index in [-0.39, 0.29) is 0 Å². The predicted octanol–water partition coefficient (Wildman–Crippen LogP) is 3.55. The Morgan fingerprint density at radius 2 is 1.42 bits per heavy atom. The smallest absolute Gasteiger partial charge is 0.0312 e. The number of aromatic nitrogens is 1. The lowest BCUT2D eigenvalue weighted by Gasteiger charge is -2.34. The van der Waals surface area contributed by atoms with E-state index in [0.29, 0.717) is 0 Å². The molecule has 0 spiro atoms. The number of pyridine rings is 1. The number of benzene rings is 2. The van der Waals surface area contributed by atoms with E-state index < -0.39 is 0 Å². The van der Waals surface area contributed by atoms with E-state index >= 15 is 0 Å². The second-order valence-electron chi connectivity index (χ2n) is 6.60. The minimum absolute atomic E-state index is 1.01. The number of hydrogen-bond acceptors (Lipinski definition) is 3. The second kappa shape index (κ2) is 7.12. The van der Waals surface area contributed by atoms with E-state index in [1.165, 1.54) is 21.9 Å². The lowest BCUT2D eigenvalue weighted by atomic mass is 10.1. The molecule has 2 aromatic carbocycles. The van der Waals surface area contributed by atoms with Crippen LogP contribution < -0.4 is 0 Å². The summed E-state index contributed by atoms with van der Waals surface area (Å²) in [5.74, 6) is 0. The molecule has 0 bridgehead atoms. The molecule has 3 nitrogen and oxygen atoms in total. The molecule has 3 heteroatoms. The Kier molecular flexibility index (Phi) is 4.54. The maximum atomic E-state index is 4.21. The van der Waals surface area contributed by atoms with E-state index in [2.05, 4.69) is 63.3 Å². The van der Waals surface area contributed by atoms with Crippen LogP contribution in [0.5, 0.6) is 0 Å². The zero-order valence-corrected chi connectivity index (χ0v) is 13.9. The van der Waals surface area contributed by atoms with Crippen molar-refractivity contribution in [3.63, 3.8) is 0 Å². The monoisotopic (exact) mass is 317 g/mol. The van der Waals surface area contributed by atoms with Gasteiger partial charge in [-0.15, -0.1) is 0 Å². The van der Waals surface area contributed by atoms with Gasteiger partial charge in [0, 0.05) is 51.7 Å². The van der Waals surface area contributed by atoms with Crippen molar-refractivity contribution in [2.24, 2.45) is 0 Å². The minimum Gasteiger partial charge on any atom is -0.297 e. The fraction of sp³-hybridized carbons (Fsp3) is 0.286. The Morgan fingerprint density at radius 3 is 2.12 bits per heavy atom. The molecular weight excluding hydrogens is 294 g/mol. The summed E-state index contributed by atoms with van der Waals surface area (Å²) < 4.78 is 0. The van der Waals surface area contributed by atoms with Crippen molar-refractivity contribution in [2.75, 3.05) is 26.2 Å². The molecule has 4 rings (SSSR count). The van der Waals surface area contributed by atoms with Gasteiger partial charge < -0.3 is 0 Å². The highest BCUT2D eigenvalue weighted by Crippen LogP contribution is 2.17. The van der Waals surface area contributed by atoms with Gasteiger partial charge in [-0.25, -0.2) is 0 Å². The molecule has 2 heterocycles. The van der Waals surface area contributed by atoms with Crippen LogP contribution in [0.25, 0.3) is 10.8 Å². The SMILES string of the molecule is c1cncc(CN2CCN(Cc3ccc4ccccc4c3)CC2)c1. The van der Waals surface area contributed by atoms with Crippen molar-refractivity contribution in [1.29, 1.82) is 0 Å². The molecular formula is C21H23N3. The van der Waals surface area contributed by atoms with E-state index in [0.717, 1.165) is 39.3 Å². The highest BCUT2D eigenvalue weighted by Gasteiger charge is 2.17. The Hall–Kier alpha value is -2.23. The van der Waals surface area contributed by atoms with Crippen molar-refractivity contribution in [1.82, 2.24) is 14.8 Å². The van der Waals surface area contributed by atoms with Gasteiger partial charge in [0.05, 0.1) is 0 Å². The largest absolute Gasteiger partial charge is 0.297 e. The Labute approximate surface area is 143 Å². The lowest BCUT2D eigenvalue weighted by molar-refractivity contribution is 0.122. The topological polar surface area (TPSA) is 19.4 Å². The number of piperazine rings is 1. The molecule has 1 aliphatic heterocycles. The number of fused-ring (bicyclic) bond motifs is 1. The maximum Gasteiger partial charge on any atom is 0.0312 e. The number of nitrogens with zero attached hydrogens (tertiary/aromatic N) is 3. The van der Waals surface area contributed by atoms with Gasteiger partial charge in [-0.05, 0) is 34.0 Å². The molecule has 1 aliphatic rings. The van der Waals surface area contributed by atoms with Crippen LogP contribution in [0.1, 0.15) is 11.1 Å². The first-order valence-electron chi connectivity index (χ1n) is 8.68. The highest BCUT2D eigenvalue weighted by atomic mass is 15.3. The summed E-state index contributed by atoms with van der Waals surface area (Å²) in [6, 6.07) is 19.6. The van der Waals surface area contributed by atoms with Gasteiger partial charge in [-0.3, -0.25) is 14.8 Å². The first kappa shape index (κ1) is 15.3. The van der Waals surface area contributed by atoms with Crippen LogP contribution in [0.15, 0.2) is 67.0 Å². The van der Waals surface area contributed by atoms with Crippen molar-refractivity contribution in [3.8, 4) is 0 Å². The average Bonchev–Trinajstić information content (AvgIpc) is 2.64. The lowest BCUT2D eigenvalue weighted by Crippen LogP contribution is -2.45. The van der Waals surface area contributed by atoms with Crippen molar-refractivity contribution >= 4 is 10.8 Å². The van der Waals surface area contributed by atoms with Gasteiger partial charge in [0.15, 0.2) is 0 Å². The van der Waals surface area contributed by atoms with E-state index in [1.807, 2.05) is 18.5 Å². The molecule has 0 saturated carbocycles. The van der Waals surface area contributed by atoms with Crippen molar-refractivity contribution in [3.05, 3.63) is 78.1 Å². The summed E-state index contributed by atoms with van der Waals surface area (Å²) in [5.41, 5.74) is 2.72. The minimum atomic E-state index is 1.01. The predicted molar refractivity (Wildman–Crippen MR) is 98.7 cm³/mol. The molecule has 0 atom stereocenters. The summed E-state index contributed by atoms with van der Waals surface area (Å²) in [7, 11) is 0. The summed E-state index contributed by atoms with van der Waals surface area (Å²) >= 11 is 0. The molecule has 0 aliphatic carbocycles.